The van der Waals surface area contributed by atoms with Crippen LogP contribution >= 0.6 is 0 Å². The number of hydrogen-bond acceptors (Lipinski definition) is 2. The van der Waals surface area contributed by atoms with Gasteiger partial charge in [-0.05, 0) is 13.8 Å². The fourth-order valence-electron chi connectivity index (χ4n) is 0.545. The van der Waals surface area contributed by atoms with E-state index in [4.69, 9.17) is 5.11 Å². The van der Waals surface area contributed by atoms with Gasteiger partial charge in [0.25, 0.3) is 0 Å². The van der Waals surface area contributed by atoms with E-state index in [-0.39, 0.29) is 0 Å². The average Bonchev–Trinajstić information content (AvgIpc) is 1.99. The molecule has 0 rings (SSSR count). The molecule has 0 amide bonds. The molecule has 2 N–H and O–H groups in total. The first kappa shape index (κ1) is 12.6. The topological polar surface area (TPSA) is 32.3 Å². The summed E-state index contributed by atoms with van der Waals surface area (Å²) in [5.74, 6) is -4.04. The van der Waals surface area contributed by atoms with Crippen molar-refractivity contribution in [3.8, 4) is 0 Å². The maximum absolute atomic E-state index is 12.3. The molecule has 0 aliphatic rings. The highest BCUT2D eigenvalue weighted by atomic mass is 19.3. The molecule has 0 aliphatic heterocycles. The summed E-state index contributed by atoms with van der Waals surface area (Å²) >= 11 is 0. The molecule has 0 fully saturated rings. The molecule has 0 radical (unpaired) electrons. The first-order valence-electron chi connectivity index (χ1n) is 3.85. The van der Waals surface area contributed by atoms with Gasteiger partial charge >= 0.3 is 12.3 Å². The monoisotopic (exact) mass is 203 g/mol. The summed E-state index contributed by atoms with van der Waals surface area (Å²) in [6.07, 6.45) is -4.53. The molecule has 0 saturated carbocycles. The second kappa shape index (κ2) is 4.76. The molecular formula is C7H13F4NO. The molecule has 6 heteroatoms. The van der Waals surface area contributed by atoms with Gasteiger partial charge in [0.15, 0.2) is 0 Å². The number of aliphatic hydroxyl groups is 1. The Bertz CT molecular complexity index is 151. The Balaban J connectivity index is 3.88. The largest absolute Gasteiger partial charge is 0.392 e. The lowest BCUT2D eigenvalue weighted by atomic mass is 10.2. The Labute approximate surface area is 73.9 Å². The fourth-order valence-corrected chi connectivity index (χ4v) is 0.545. The Morgan fingerprint density at radius 2 is 1.77 bits per heavy atom. The van der Waals surface area contributed by atoms with Gasteiger partial charge in [-0.2, -0.15) is 8.78 Å². The zero-order chi connectivity index (χ0) is 10.6. The van der Waals surface area contributed by atoms with Gasteiger partial charge in [-0.1, -0.05) is 0 Å². The maximum atomic E-state index is 12.3. The van der Waals surface area contributed by atoms with Crippen molar-refractivity contribution in [1.29, 1.82) is 0 Å². The van der Waals surface area contributed by atoms with E-state index in [9.17, 15) is 17.6 Å². The van der Waals surface area contributed by atoms with E-state index in [1.807, 2.05) is 0 Å². The maximum Gasteiger partial charge on any atom is 0.319 e. The number of nitrogens with one attached hydrogen (secondary N) is 1. The first-order chi connectivity index (χ1) is 5.77. The smallest absolute Gasteiger partial charge is 0.319 e. The van der Waals surface area contributed by atoms with Gasteiger partial charge in [0.1, 0.15) is 0 Å². The molecule has 2 nitrogen and oxygen atoms in total. The van der Waals surface area contributed by atoms with E-state index in [1.165, 1.54) is 13.8 Å². The number of aliphatic hydroxyl groups excluding tert-OH is 1. The first-order valence-corrected chi connectivity index (χ1v) is 3.85. The summed E-state index contributed by atoms with van der Waals surface area (Å²) in [5.41, 5.74) is 0. The van der Waals surface area contributed by atoms with Gasteiger partial charge in [-0.3, -0.25) is 0 Å². The van der Waals surface area contributed by atoms with E-state index in [0.29, 0.717) is 0 Å². The molecule has 0 heterocycles. The molecule has 0 aromatic rings. The second-order valence-electron chi connectivity index (χ2n) is 2.97. The van der Waals surface area contributed by atoms with Crippen LogP contribution in [0.25, 0.3) is 0 Å². The SMILES string of the molecule is CC(O)C(C)NCC(F)(F)C(F)F. The van der Waals surface area contributed by atoms with Crippen LogP contribution in [0.15, 0.2) is 0 Å². The van der Waals surface area contributed by atoms with Crippen molar-refractivity contribution in [2.75, 3.05) is 6.54 Å². The predicted octanol–water partition coefficient (Wildman–Crippen LogP) is 1.25. The Morgan fingerprint density at radius 3 is 2.08 bits per heavy atom. The lowest BCUT2D eigenvalue weighted by molar-refractivity contribution is -0.127. The molecule has 0 aromatic carbocycles. The number of hydrogen-bond donors (Lipinski definition) is 2. The van der Waals surface area contributed by atoms with Crippen molar-refractivity contribution >= 4 is 0 Å². The van der Waals surface area contributed by atoms with Crippen LogP contribution in [0.2, 0.25) is 0 Å². The van der Waals surface area contributed by atoms with E-state index in [0.717, 1.165) is 0 Å². The fraction of sp³-hybridized carbons (Fsp3) is 1.00. The normalized spacial score (nSPS) is 17.5. The second-order valence-corrected chi connectivity index (χ2v) is 2.97. The molecule has 2 atom stereocenters. The van der Waals surface area contributed by atoms with Crippen molar-refractivity contribution in [3.63, 3.8) is 0 Å². The number of rotatable bonds is 5. The summed E-state index contributed by atoms with van der Waals surface area (Å²) in [6, 6.07) is -0.635. The van der Waals surface area contributed by atoms with Crippen LogP contribution in [0, 0.1) is 0 Å². The van der Waals surface area contributed by atoms with Crippen molar-refractivity contribution in [1.82, 2.24) is 5.32 Å². The zero-order valence-corrected chi connectivity index (χ0v) is 7.40. The zero-order valence-electron chi connectivity index (χ0n) is 7.40. The van der Waals surface area contributed by atoms with Crippen LogP contribution in [0.3, 0.4) is 0 Å². The van der Waals surface area contributed by atoms with Crippen LogP contribution < -0.4 is 5.32 Å². The quantitative estimate of drug-likeness (QED) is 0.659. The Hall–Kier alpha value is -0.360. The molecule has 0 aromatic heterocycles. The minimum atomic E-state index is -4.04. The lowest BCUT2D eigenvalue weighted by Crippen LogP contribution is -2.45. The summed E-state index contributed by atoms with van der Waals surface area (Å²) in [6.45, 7) is 1.70. The minimum Gasteiger partial charge on any atom is -0.392 e. The van der Waals surface area contributed by atoms with Crippen LogP contribution in [0.4, 0.5) is 17.6 Å². The summed E-state index contributed by atoms with van der Waals surface area (Å²) in [7, 11) is 0. The molecule has 0 spiro atoms. The minimum absolute atomic E-state index is 0.635. The highest BCUT2D eigenvalue weighted by molar-refractivity contribution is 4.76. The molecular weight excluding hydrogens is 190 g/mol. The van der Waals surface area contributed by atoms with Crippen LogP contribution in [0.1, 0.15) is 13.8 Å². The van der Waals surface area contributed by atoms with E-state index in [2.05, 4.69) is 5.32 Å². The van der Waals surface area contributed by atoms with Crippen molar-refractivity contribution in [3.05, 3.63) is 0 Å². The van der Waals surface area contributed by atoms with Crippen LogP contribution in [0.5, 0.6) is 0 Å². The molecule has 0 bridgehead atoms. The summed E-state index contributed by atoms with van der Waals surface area (Å²) in [4.78, 5) is 0. The highest BCUT2D eigenvalue weighted by Crippen LogP contribution is 2.21. The standard InChI is InChI=1S/C7H13F4NO/c1-4(5(2)13)12-3-7(10,11)6(8)9/h4-6,12-13H,3H2,1-2H3. The van der Waals surface area contributed by atoms with Gasteiger partial charge in [0.05, 0.1) is 12.6 Å². The van der Waals surface area contributed by atoms with Crippen LogP contribution in [-0.2, 0) is 0 Å². The third-order valence-corrected chi connectivity index (χ3v) is 1.70. The summed E-state index contributed by atoms with van der Waals surface area (Å²) in [5, 5.41) is 11.0. The molecule has 2 unspecified atom stereocenters. The molecule has 13 heavy (non-hydrogen) atoms. The lowest BCUT2D eigenvalue weighted by Gasteiger charge is -2.21. The van der Waals surface area contributed by atoms with Gasteiger partial charge in [0.2, 0.25) is 0 Å². The third kappa shape index (κ3) is 4.42. The van der Waals surface area contributed by atoms with Crippen molar-refractivity contribution < 1.29 is 22.7 Å². The predicted molar refractivity (Wildman–Crippen MR) is 40.1 cm³/mol. The molecule has 80 valence electrons. The molecule has 0 saturated heterocycles. The van der Waals surface area contributed by atoms with Crippen molar-refractivity contribution in [2.45, 2.75) is 38.3 Å². The summed E-state index contributed by atoms with van der Waals surface area (Å²) < 4.78 is 47.8. The number of halogens is 4. The number of alkyl halides is 4. The van der Waals surface area contributed by atoms with E-state index in [1.54, 1.807) is 0 Å². The highest BCUT2D eigenvalue weighted by Gasteiger charge is 2.40. The van der Waals surface area contributed by atoms with E-state index >= 15 is 0 Å². The Morgan fingerprint density at radius 1 is 1.31 bits per heavy atom. The molecule has 0 aliphatic carbocycles. The third-order valence-electron chi connectivity index (χ3n) is 1.70. The van der Waals surface area contributed by atoms with Gasteiger partial charge in [-0.15, -0.1) is 0 Å². The van der Waals surface area contributed by atoms with Gasteiger partial charge in [0, 0.05) is 6.04 Å². The Kier molecular flexibility index (Phi) is 4.63. The van der Waals surface area contributed by atoms with E-state index < -0.39 is 31.0 Å². The van der Waals surface area contributed by atoms with Crippen LogP contribution in [-0.4, -0.2) is 36.1 Å². The van der Waals surface area contributed by atoms with Crippen molar-refractivity contribution in [2.24, 2.45) is 0 Å². The van der Waals surface area contributed by atoms with Gasteiger partial charge < -0.3 is 10.4 Å². The average molecular weight is 203 g/mol. The van der Waals surface area contributed by atoms with Gasteiger partial charge in [-0.25, -0.2) is 8.78 Å².